The summed E-state index contributed by atoms with van der Waals surface area (Å²) in [5.41, 5.74) is 0. The van der Waals surface area contributed by atoms with Gasteiger partial charge in [0.1, 0.15) is 0 Å². The zero-order chi connectivity index (χ0) is 17.9. The van der Waals surface area contributed by atoms with Crippen LogP contribution < -0.4 is 0 Å². The lowest BCUT2D eigenvalue weighted by Gasteiger charge is -2.08. The first-order valence-electron chi connectivity index (χ1n) is 9.68. The van der Waals surface area contributed by atoms with Gasteiger partial charge in [-0.2, -0.15) is 3.71 Å². The minimum Gasteiger partial charge on any atom is -0.448 e. The molecule has 0 saturated carbocycles. The Hall–Kier alpha value is -0.290. The third-order valence-corrected chi connectivity index (χ3v) is 4.37. The molecule has 5 heteroatoms. The maximum Gasteiger partial charge on any atom is 0.429 e. The zero-order valence-corrected chi connectivity index (χ0v) is 17.2. The maximum atomic E-state index is 11.0. The number of hydrogen-bond acceptors (Lipinski definition) is 4. The maximum absolute atomic E-state index is 11.0. The Bertz CT molecular complexity index is 310. The molecule has 0 rings (SSSR count). The number of hydrogen-bond donors (Lipinski definition) is 2. The van der Waals surface area contributed by atoms with Crippen LogP contribution in [0.4, 0.5) is 4.79 Å². The van der Waals surface area contributed by atoms with Crippen LogP contribution in [-0.4, -0.2) is 16.4 Å². The van der Waals surface area contributed by atoms with Gasteiger partial charge in [-0.25, -0.2) is 4.79 Å². The molecule has 0 fully saturated rings. The lowest BCUT2D eigenvalue weighted by molar-refractivity contribution is 0.140. The molecule has 0 aliphatic heterocycles. The molecule has 3 nitrogen and oxygen atoms in total. The van der Waals surface area contributed by atoms with Crippen LogP contribution in [0.5, 0.6) is 0 Å². The smallest absolute Gasteiger partial charge is 0.429 e. The van der Waals surface area contributed by atoms with Gasteiger partial charge in [0.25, 0.3) is 0 Å². The lowest BCUT2D eigenvalue weighted by atomic mass is 10.1. The van der Waals surface area contributed by atoms with Crippen LogP contribution in [0.3, 0.4) is 0 Å². The van der Waals surface area contributed by atoms with Gasteiger partial charge in [-0.3, -0.25) is 0 Å². The van der Waals surface area contributed by atoms with Gasteiger partial charge in [0.05, 0.1) is 6.61 Å². The predicted octanol–water partition coefficient (Wildman–Crippen LogP) is 7.15. The van der Waals surface area contributed by atoms with E-state index in [9.17, 15) is 4.79 Å². The fourth-order valence-corrected chi connectivity index (χ4v) is 2.68. The highest BCUT2D eigenvalue weighted by atomic mass is 32.2. The van der Waals surface area contributed by atoms with E-state index in [1.54, 1.807) is 0 Å². The van der Waals surface area contributed by atoms with Crippen molar-refractivity contribution in [2.24, 2.45) is 0 Å². The Labute approximate surface area is 160 Å². The first-order chi connectivity index (χ1) is 11.7. The number of thiol groups is 2. The van der Waals surface area contributed by atoms with Gasteiger partial charge in [0, 0.05) is 0 Å². The number of rotatable bonds is 16. The van der Waals surface area contributed by atoms with Crippen molar-refractivity contribution in [3.63, 3.8) is 0 Å². The number of nitrogens with zero attached hydrogens (tertiary/aromatic N) is 1. The molecule has 1 amide bonds. The Morgan fingerprint density at radius 1 is 0.792 bits per heavy atom. The molecule has 0 N–H and O–H groups in total. The van der Waals surface area contributed by atoms with Crippen molar-refractivity contribution >= 4 is 31.7 Å². The Morgan fingerprint density at radius 2 is 1.25 bits per heavy atom. The van der Waals surface area contributed by atoms with E-state index in [0.717, 1.165) is 16.6 Å². The number of amides is 1. The summed E-state index contributed by atoms with van der Waals surface area (Å²) >= 11 is 7.49. The van der Waals surface area contributed by atoms with Crippen LogP contribution in [0.15, 0.2) is 12.2 Å². The van der Waals surface area contributed by atoms with Gasteiger partial charge in [-0.05, 0) is 57.7 Å². The van der Waals surface area contributed by atoms with E-state index in [0.29, 0.717) is 6.61 Å². The first-order valence-corrected chi connectivity index (χ1v) is 10.5. The zero-order valence-electron chi connectivity index (χ0n) is 15.4. The van der Waals surface area contributed by atoms with Crippen LogP contribution in [0.25, 0.3) is 0 Å². The summed E-state index contributed by atoms with van der Waals surface area (Å²) in [7, 11) is 0. The average molecular weight is 376 g/mol. The van der Waals surface area contributed by atoms with Crippen LogP contribution in [-0.2, 0) is 4.74 Å². The lowest BCUT2D eigenvalue weighted by Crippen LogP contribution is -2.13. The van der Waals surface area contributed by atoms with Crippen LogP contribution in [0.2, 0.25) is 0 Å². The normalized spacial score (nSPS) is 11.1. The molecular weight excluding hydrogens is 338 g/mol. The second-order valence-electron chi connectivity index (χ2n) is 6.34. The molecule has 0 heterocycles. The van der Waals surface area contributed by atoms with Crippen LogP contribution in [0, 0.1) is 0 Å². The molecule has 0 aromatic heterocycles. The molecule has 0 unspecified atom stereocenters. The van der Waals surface area contributed by atoms with E-state index in [4.69, 9.17) is 4.74 Å². The van der Waals surface area contributed by atoms with Gasteiger partial charge in [-0.15, -0.1) is 0 Å². The van der Waals surface area contributed by atoms with Gasteiger partial charge < -0.3 is 4.74 Å². The van der Waals surface area contributed by atoms with Crippen molar-refractivity contribution in [1.82, 2.24) is 3.71 Å². The monoisotopic (exact) mass is 375 g/mol. The highest BCUT2D eigenvalue weighted by molar-refractivity contribution is 7.94. The summed E-state index contributed by atoms with van der Waals surface area (Å²) in [5.74, 6) is 0. The summed E-state index contributed by atoms with van der Waals surface area (Å²) < 4.78 is 5.81. The molecule has 0 radical (unpaired) electrons. The predicted molar refractivity (Wildman–Crippen MR) is 111 cm³/mol. The molecule has 0 spiro atoms. The van der Waals surface area contributed by atoms with Gasteiger partial charge >= 0.3 is 6.09 Å². The SMILES string of the molecule is CCCCCCCC/C=C\CCCCCCCCOC(=O)N(S)S. The second-order valence-corrected chi connectivity index (χ2v) is 7.46. The van der Waals surface area contributed by atoms with Crippen molar-refractivity contribution in [1.29, 1.82) is 0 Å². The van der Waals surface area contributed by atoms with E-state index >= 15 is 0 Å². The molecule has 142 valence electrons. The van der Waals surface area contributed by atoms with E-state index in [2.05, 4.69) is 44.7 Å². The number of ether oxygens (including phenoxy) is 1. The Kier molecular flexibility index (Phi) is 18.8. The molecule has 24 heavy (non-hydrogen) atoms. The van der Waals surface area contributed by atoms with Gasteiger partial charge in [-0.1, -0.05) is 76.9 Å². The summed E-state index contributed by atoms with van der Waals surface area (Å²) in [6, 6.07) is 0. The van der Waals surface area contributed by atoms with Gasteiger partial charge in [0.2, 0.25) is 0 Å². The topological polar surface area (TPSA) is 29.5 Å². The van der Waals surface area contributed by atoms with E-state index in [1.165, 1.54) is 77.0 Å². The molecule has 0 aromatic rings. The number of carbonyl (C=O) groups excluding carboxylic acids is 1. The average Bonchev–Trinajstić information content (AvgIpc) is 2.57. The fourth-order valence-electron chi connectivity index (χ4n) is 2.57. The van der Waals surface area contributed by atoms with E-state index in [-0.39, 0.29) is 0 Å². The van der Waals surface area contributed by atoms with Crippen LogP contribution in [0.1, 0.15) is 96.8 Å². The highest BCUT2D eigenvalue weighted by Crippen LogP contribution is 2.10. The minimum absolute atomic E-state index is 0.456. The molecule has 0 aliphatic rings. The van der Waals surface area contributed by atoms with Crippen LogP contribution >= 0.6 is 25.6 Å². The van der Waals surface area contributed by atoms with Crippen molar-refractivity contribution < 1.29 is 9.53 Å². The highest BCUT2D eigenvalue weighted by Gasteiger charge is 2.05. The largest absolute Gasteiger partial charge is 0.448 e. The van der Waals surface area contributed by atoms with E-state index < -0.39 is 6.09 Å². The number of allylic oxidation sites excluding steroid dienone is 2. The fraction of sp³-hybridized carbons (Fsp3) is 0.842. The molecule has 0 bridgehead atoms. The molecule has 0 aromatic carbocycles. The Morgan fingerprint density at radius 3 is 1.75 bits per heavy atom. The standard InChI is InChI=1S/C19H37NO2S2/c1-2-3-4-5-6-7-8-9-10-11-12-13-14-15-16-17-18-22-19(21)20(23)24/h9-10,23-24H,2-8,11-18H2,1H3/b10-9-. The minimum atomic E-state index is -0.505. The van der Waals surface area contributed by atoms with Gasteiger partial charge in [0.15, 0.2) is 0 Å². The summed E-state index contributed by atoms with van der Waals surface area (Å²) in [6.07, 6.45) is 22.0. The van der Waals surface area contributed by atoms with Crippen molar-refractivity contribution in [2.75, 3.05) is 6.61 Å². The quantitative estimate of drug-likeness (QED) is 0.170. The third kappa shape index (κ3) is 18.1. The third-order valence-electron chi connectivity index (χ3n) is 4.04. The molecule has 0 saturated heterocycles. The van der Waals surface area contributed by atoms with Crippen molar-refractivity contribution in [2.45, 2.75) is 96.8 Å². The number of carbonyl (C=O) groups is 1. The van der Waals surface area contributed by atoms with E-state index in [1.807, 2.05) is 0 Å². The number of unbranched alkanes of at least 4 members (excludes halogenated alkanes) is 12. The molecular formula is C19H37NO2S2. The second kappa shape index (κ2) is 19.0. The molecule has 0 atom stereocenters. The summed E-state index contributed by atoms with van der Waals surface area (Å²) in [5, 5.41) is 0. The summed E-state index contributed by atoms with van der Waals surface area (Å²) in [4.78, 5) is 11.0. The van der Waals surface area contributed by atoms with Crippen molar-refractivity contribution in [3.05, 3.63) is 12.2 Å². The van der Waals surface area contributed by atoms with Crippen molar-refractivity contribution in [3.8, 4) is 0 Å². The first kappa shape index (κ1) is 23.7. The Balaban J connectivity index is 3.14. The molecule has 0 aliphatic carbocycles. The summed E-state index contributed by atoms with van der Waals surface area (Å²) in [6.45, 7) is 2.72.